The van der Waals surface area contributed by atoms with Crippen LogP contribution >= 0.6 is 0 Å². The molecular weight excluding hydrogens is 264 g/mol. The van der Waals surface area contributed by atoms with Crippen molar-refractivity contribution in [1.82, 2.24) is 0 Å². The van der Waals surface area contributed by atoms with Gasteiger partial charge in [0.05, 0.1) is 13.2 Å². The third-order valence-electron chi connectivity index (χ3n) is 3.06. The molecule has 0 unspecified atom stereocenters. The molecule has 0 fully saturated rings. The predicted octanol–water partition coefficient (Wildman–Crippen LogP) is 4.08. The predicted molar refractivity (Wildman–Crippen MR) is 83.2 cm³/mol. The fourth-order valence-corrected chi connectivity index (χ4v) is 2.08. The smallest absolute Gasteiger partial charge is 0.305 e. The average Bonchev–Trinajstić information content (AvgIpc) is 2.53. The zero-order valence-corrected chi connectivity index (χ0v) is 12.2. The number of hydrogen-bond donors (Lipinski definition) is 0. The van der Waals surface area contributed by atoms with E-state index in [0.29, 0.717) is 26.1 Å². The summed E-state index contributed by atoms with van der Waals surface area (Å²) in [5, 5.41) is 0. The van der Waals surface area contributed by atoms with Crippen molar-refractivity contribution in [3.63, 3.8) is 0 Å². The third kappa shape index (κ3) is 4.63. The van der Waals surface area contributed by atoms with Crippen molar-refractivity contribution in [1.29, 1.82) is 0 Å². The van der Waals surface area contributed by atoms with Gasteiger partial charge in [-0.25, -0.2) is 0 Å². The topological polar surface area (TPSA) is 35.5 Å². The molecule has 0 saturated carbocycles. The summed E-state index contributed by atoms with van der Waals surface area (Å²) in [6, 6.07) is 18.1. The Bertz CT molecular complexity index is 564. The van der Waals surface area contributed by atoms with E-state index in [0.717, 1.165) is 16.9 Å². The van der Waals surface area contributed by atoms with Gasteiger partial charge in [0.1, 0.15) is 5.75 Å². The van der Waals surface area contributed by atoms with Crippen molar-refractivity contribution in [2.24, 2.45) is 0 Å². The van der Waals surface area contributed by atoms with Crippen LogP contribution in [0.4, 0.5) is 0 Å². The maximum absolute atomic E-state index is 11.3. The first-order valence-electron chi connectivity index (χ1n) is 7.24. The van der Waals surface area contributed by atoms with E-state index in [4.69, 9.17) is 9.47 Å². The van der Waals surface area contributed by atoms with Crippen LogP contribution < -0.4 is 4.74 Å². The molecule has 0 aromatic heterocycles. The molecule has 0 aliphatic heterocycles. The van der Waals surface area contributed by atoms with Crippen LogP contribution in [0, 0.1) is 0 Å². The number of esters is 1. The first kappa shape index (κ1) is 15.1. The Labute approximate surface area is 125 Å². The summed E-state index contributed by atoms with van der Waals surface area (Å²) >= 11 is 0. The summed E-state index contributed by atoms with van der Waals surface area (Å²) in [4.78, 5) is 11.3. The number of hydrogen-bond acceptors (Lipinski definition) is 3. The minimum atomic E-state index is -0.169. The van der Waals surface area contributed by atoms with Gasteiger partial charge in [-0.2, -0.15) is 0 Å². The van der Waals surface area contributed by atoms with Crippen LogP contribution in [0.3, 0.4) is 0 Å². The van der Waals surface area contributed by atoms with Gasteiger partial charge in [-0.15, -0.1) is 0 Å². The molecule has 0 N–H and O–H groups in total. The monoisotopic (exact) mass is 284 g/mol. The molecule has 3 nitrogen and oxygen atoms in total. The fraction of sp³-hybridized carbons (Fsp3) is 0.278. The average molecular weight is 284 g/mol. The number of rotatable bonds is 7. The lowest BCUT2D eigenvalue weighted by Crippen LogP contribution is -2.07. The second kappa shape index (κ2) is 8.10. The van der Waals surface area contributed by atoms with E-state index in [1.165, 1.54) is 0 Å². The van der Waals surface area contributed by atoms with Crippen LogP contribution in [-0.2, 0) is 9.53 Å². The fourth-order valence-electron chi connectivity index (χ4n) is 2.08. The summed E-state index contributed by atoms with van der Waals surface area (Å²) in [6.07, 6.45) is 1.04. The van der Waals surface area contributed by atoms with Gasteiger partial charge in [-0.05, 0) is 25.0 Å². The van der Waals surface area contributed by atoms with Gasteiger partial charge < -0.3 is 9.47 Å². The van der Waals surface area contributed by atoms with Gasteiger partial charge in [0.15, 0.2) is 0 Å². The van der Waals surface area contributed by atoms with Crippen molar-refractivity contribution < 1.29 is 14.3 Å². The SMILES string of the molecule is CCOC(=O)CCCOc1ccccc1-c1ccccc1. The number of para-hydroxylation sites is 1. The lowest BCUT2D eigenvalue weighted by atomic mass is 10.1. The van der Waals surface area contributed by atoms with Crippen molar-refractivity contribution in [2.45, 2.75) is 19.8 Å². The first-order chi connectivity index (χ1) is 10.3. The number of carbonyl (C=O) groups excluding carboxylic acids is 1. The summed E-state index contributed by atoms with van der Waals surface area (Å²) < 4.78 is 10.7. The summed E-state index contributed by atoms with van der Waals surface area (Å²) in [5.41, 5.74) is 2.19. The molecule has 0 spiro atoms. The van der Waals surface area contributed by atoms with Crippen LogP contribution in [-0.4, -0.2) is 19.2 Å². The minimum absolute atomic E-state index is 0.169. The van der Waals surface area contributed by atoms with Crippen LogP contribution in [0.1, 0.15) is 19.8 Å². The number of ether oxygens (including phenoxy) is 2. The van der Waals surface area contributed by atoms with Crippen molar-refractivity contribution >= 4 is 5.97 Å². The zero-order valence-electron chi connectivity index (χ0n) is 12.2. The lowest BCUT2D eigenvalue weighted by Gasteiger charge is -2.11. The van der Waals surface area contributed by atoms with E-state index in [-0.39, 0.29) is 5.97 Å². The molecule has 3 heteroatoms. The first-order valence-corrected chi connectivity index (χ1v) is 7.24. The Balaban J connectivity index is 1.94. The lowest BCUT2D eigenvalue weighted by molar-refractivity contribution is -0.143. The van der Waals surface area contributed by atoms with Gasteiger partial charge in [-0.1, -0.05) is 48.5 Å². The van der Waals surface area contributed by atoms with Crippen LogP contribution in [0.25, 0.3) is 11.1 Å². The van der Waals surface area contributed by atoms with Crippen molar-refractivity contribution in [3.05, 3.63) is 54.6 Å². The molecule has 0 bridgehead atoms. The highest BCUT2D eigenvalue weighted by molar-refractivity contribution is 5.70. The van der Waals surface area contributed by atoms with Gasteiger partial charge in [0, 0.05) is 12.0 Å². The molecule has 0 radical (unpaired) electrons. The Hall–Kier alpha value is -2.29. The Morgan fingerprint density at radius 2 is 1.71 bits per heavy atom. The zero-order chi connectivity index (χ0) is 14.9. The van der Waals surface area contributed by atoms with Gasteiger partial charge >= 0.3 is 5.97 Å². The Kier molecular flexibility index (Phi) is 5.83. The molecule has 2 rings (SSSR count). The van der Waals surface area contributed by atoms with Crippen molar-refractivity contribution in [2.75, 3.05) is 13.2 Å². The molecule has 0 atom stereocenters. The van der Waals surface area contributed by atoms with E-state index >= 15 is 0 Å². The molecule has 0 amide bonds. The highest BCUT2D eigenvalue weighted by Crippen LogP contribution is 2.29. The van der Waals surface area contributed by atoms with Crippen LogP contribution in [0.2, 0.25) is 0 Å². The van der Waals surface area contributed by atoms with E-state index in [9.17, 15) is 4.79 Å². The molecule has 0 heterocycles. The number of benzene rings is 2. The summed E-state index contributed by atoms with van der Waals surface area (Å²) in [5.74, 6) is 0.671. The molecule has 0 saturated heterocycles. The summed E-state index contributed by atoms with van der Waals surface area (Å²) in [7, 11) is 0. The molecule has 2 aromatic carbocycles. The van der Waals surface area contributed by atoms with E-state index in [2.05, 4.69) is 12.1 Å². The highest BCUT2D eigenvalue weighted by atomic mass is 16.5. The Morgan fingerprint density at radius 3 is 2.48 bits per heavy atom. The summed E-state index contributed by atoms with van der Waals surface area (Å²) in [6.45, 7) is 2.74. The van der Waals surface area contributed by atoms with Gasteiger partial charge in [0.2, 0.25) is 0 Å². The van der Waals surface area contributed by atoms with E-state index in [1.54, 1.807) is 0 Å². The number of carbonyl (C=O) groups is 1. The maximum atomic E-state index is 11.3. The Morgan fingerprint density at radius 1 is 1.00 bits per heavy atom. The normalized spacial score (nSPS) is 10.1. The minimum Gasteiger partial charge on any atom is -0.493 e. The maximum Gasteiger partial charge on any atom is 0.305 e. The molecule has 2 aromatic rings. The molecule has 0 aliphatic carbocycles. The van der Waals surface area contributed by atoms with Crippen molar-refractivity contribution in [3.8, 4) is 16.9 Å². The second-order valence-electron chi connectivity index (χ2n) is 4.62. The van der Waals surface area contributed by atoms with Gasteiger partial charge in [-0.3, -0.25) is 4.79 Å². The molecule has 0 aliphatic rings. The second-order valence-corrected chi connectivity index (χ2v) is 4.62. The quantitative estimate of drug-likeness (QED) is 0.568. The molecular formula is C18H20O3. The van der Waals surface area contributed by atoms with Crippen LogP contribution in [0.15, 0.2) is 54.6 Å². The molecule has 21 heavy (non-hydrogen) atoms. The standard InChI is InChI=1S/C18H20O3/c1-2-20-18(19)13-8-14-21-17-12-7-6-11-16(17)15-9-4-3-5-10-15/h3-7,9-12H,2,8,13-14H2,1H3. The third-order valence-corrected chi connectivity index (χ3v) is 3.06. The van der Waals surface area contributed by atoms with Crippen LogP contribution in [0.5, 0.6) is 5.75 Å². The largest absolute Gasteiger partial charge is 0.493 e. The van der Waals surface area contributed by atoms with E-state index in [1.807, 2.05) is 49.4 Å². The van der Waals surface area contributed by atoms with Gasteiger partial charge in [0.25, 0.3) is 0 Å². The van der Waals surface area contributed by atoms with E-state index < -0.39 is 0 Å². The highest BCUT2D eigenvalue weighted by Gasteiger charge is 2.06. The molecule has 110 valence electrons.